The van der Waals surface area contributed by atoms with Crippen molar-refractivity contribution in [3.8, 4) is 73.0 Å². The molecule has 0 bridgehead atoms. The average Bonchev–Trinajstić information content (AvgIpc) is 3.65. The fourth-order valence-electron chi connectivity index (χ4n) is 8.37. The van der Waals surface area contributed by atoms with E-state index in [2.05, 4.69) is 187 Å². The molecule has 3 aromatic heterocycles. The van der Waals surface area contributed by atoms with Crippen molar-refractivity contribution in [3.63, 3.8) is 0 Å². The lowest BCUT2D eigenvalue weighted by Gasteiger charge is -2.14. The smallest absolute Gasteiger partial charge is 0.160 e. The second kappa shape index (κ2) is 14.5. The van der Waals surface area contributed by atoms with Gasteiger partial charge in [0.2, 0.25) is 0 Å². The van der Waals surface area contributed by atoms with Gasteiger partial charge in [-0.2, -0.15) is 0 Å². The van der Waals surface area contributed by atoms with E-state index in [1.54, 1.807) is 0 Å². The van der Waals surface area contributed by atoms with Crippen LogP contribution in [0, 0.1) is 0 Å². The molecule has 0 amide bonds. The largest absolute Gasteiger partial charge is 0.309 e. The van der Waals surface area contributed by atoms with Gasteiger partial charge in [0.1, 0.15) is 0 Å². The second-order valence-electron chi connectivity index (χ2n) is 14.9. The highest BCUT2D eigenvalue weighted by molar-refractivity contribution is 6.10. The van der Waals surface area contributed by atoms with Gasteiger partial charge in [0.05, 0.1) is 27.9 Å². The Morgan fingerprint density at radius 2 is 0.932 bits per heavy atom. The summed E-state index contributed by atoms with van der Waals surface area (Å²) in [7, 11) is 0. The summed E-state index contributed by atoms with van der Waals surface area (Å²) in [5.74, 6) is 0.680. The third-order valence-corrected chi connectivity index (χ3v) is 11.2. The zero-order valence-electron chi connectivity index (χ0n) is 32.1. The van der Waals surface area contributed by atoms with Crippen LogP contribution >= 0.6 is 0 Å². The Bertz CT molecular complexity index is 3290. The maximum Gasteiger partial charge on any atom is 0.160 e. The Kier molecular flexibility index (Phi) is 8.45. The number of para-hydroxylation sites is 3. The molecule has 0 spiro atoms. The molecule has 8 aromatic carbocycles. The lowest BCUT2D eigenvalue weighted by atomic mass is 9.93. The molecule has 0 saturated heterocycles. The van der Waals surface area contributed by atoms with Crippen LogP contribution in [0.25, 0.3) is 106 Å². The monoisotopic (exact) mass is 752 g/mol. The summed E-state index contributed by atoms with van der Waals surface area (Å²) in [6.45, 7) is 0. The molecule has 276 valence electrons. The molecule has 0 atom stereocenters. The molecule has 0 fully saturated rings. The van der Waals surface area contributed by atoms with Gasteiger partial charge in [0.15, 0.2) is 5.82 Å². The first-order valence-corrected chi connectivity index (χ1v) is 19.9. The van der Waals surface area contributed by atoms with Crippen molar-refractivity contribution in [2.45, 2.75) is 0 Å². The highest BCUT2D eigenvalue weighted by atomic mass is 15.0. The van der Waals surface area contributed by atoms with Crippen LogP contribution in [0.4, 0.5) is 0 Å². The van der Waals surface area contributed by atoms with E-state index in [1.807, 2.05) is 36.5 Å². The zero-order chi connectivity index (χ0) is 39.1. The summed E-state index contributed by atoms with van der Waals surface area (Å²) in [5, 5.41) is 3.52. The first kappa shape index (κ1) is 34.3. The molecule has 11 aromatic rings. The van der Waals surface area contributed by atoms with E-state index in [4.69, 9.17) is 15.0 Å². The van der Waals surface area contributed by atoms with Crippen molar-refractivity contribution in [2.75, 3.05) is 0 Å². The second-order valence-corrected chi connectivity index (χ2v) is 14.9. The highest BCUT2D eigenvalue weighted by Gasteiger charge is 2.17. The number of hydrogen-bond donors (Lipinski definition) is 0. The van der Waals surface area contributed by atoms with Gasteiger partial charge in [-0.05, 0) is 88.5 Å². The van der Waals surface area contributed by atoms with Crippen molar-refractivity contribution in [2.24, 2.45) is 0 Å². The summed E-state index contributed by atoms with van der Waals surface area (Å²) >= 11 is 0. The molecule has 0 aliphatic carbocycles. The minimum Gasteiger partial charge on any atom is -0.309 e. The Hall–Kier alpha value is -7.95. The lowest BCUT2D eigenvalue weighted by Crippen LogP contribution is -1.97. The van der Waals surface area contributed by atoms with Crippen LogP contribution in [0.5, 0.6) is 0 Å². The molecule has 0 N–H and O–H groups in total. The van der Waals surface area contributed by atoms with Crippen LogP contribution in [-0.2, 0) is 0 Å². The van der Waals surface area contributed by atoms with Crippen molar-refractivity contribution in [3.05, 3.63) is 219 Å². The summed E-state index contributed by atoms with van der Waals surface area (Å²) < 4.78 is 2.36. The van der Waals surface area contributed by atoms with E-state index in [0.29, 0.717) is 5.82 Å². The van der Waals surface area contributed by atoms with E-state index in [9.17, 15) is 0 Å². The molecule has 59 heavy (non-hydrogen) atoms. The van der Waals surface area contributed by atoms with E-state index in [1.165, 1.54) is 27.4 Å². The van der Waals surface area contributed by atoms with Crippen molar-refractivity contribution < 1.29 is 0 Å². The van der Waals surface area contributed by atoms with Crippen LogP contribution in [0.3, 0.4) is 0 Å². The third-order valence-electron chi connectivity index (χ3n) is 11.2. The molecule has 3 heterocycles. The van der Waals surface area contributed by atoms with Crippen LogP contribution < -0.4 is 0 Å². The molecular formula is C55H36N4. The topological polar surface area (TPSA) is 43.6 Å². The minimum absolute atomic E-state index is 0.680. The van der Waals surface area contributed by atoms with Gasteiger partial charge in [-0.25, -0.2) is 9.97 Å². The van der Waals surface area contributed by atoms with Gasteiger partial charge in [0, 0.05) is 50.3 Å². The fraction of sp³-hybridized carbons (Fsp3) is 0. The van der Waals surface area contributed by atoms with E-state index in [0.717, 1.165) is 72.5 Å². The SMILES string of the molecule is c1ccc(-c2ccc(-c3cc(-c4cc(-c5ccc6c(c5)c5ccccc5n6-c5ccccc5)cc(-c5cccc6cccnc56)c4)nc(-c4ccccc4)n3)cc2)cc1. The van der Waals surface area contributed by atoms with Crippen LogP contribution in [-0.4, -0.2) is 19.5 Å². The first-order chi connectivity index (χ1) is 29.2. The van der Waals surface area contributed by atoms with Gasteiger partial charge in [-0.15, -0.1) is 0 Å². The van der Waals surface area contributed by atoms with Crippen molar-refractivity contribution >= 4 is 32.7 Å². The van der Waals surface area contributed by atoms with Gasteiger partial charge in [-0.1, -0.05) is 152 Å². The lowest BCUT2D eigenvalue weighted by molar-refractivity contribution is 1.18. The number of fused-ring (bicyclic) bond motifs is 4. The number of benzene rings is 8. The van der Waals surface area contributed by atoms with Crippen LogP contribution in [0.15, 0.2) is 219 Å². The zero-order valence-corrected chi connectivity index (χ0v) is 32.1. The molecule has 4 heteroatoms. The van der Waals surface area contributed by atoms with Crippen molar-refractivity contribution in [1.82, 2.24) is 19.5 Å². The fourth-order valence-corrected chi connectivity index (χ4v) is 8.37. The average molecular weight is 753 g/mol. The number of aromatic nitrogens is 4. The molecule has 0 aliphatic heterocycles. The highest BCUT2D eigenvalue weighted by Crippen LogP contribution is 2.39. The van der Waals surface area contributed by atoms with E-state index < -0.39 is 0 Å². The first-order valence-electron chi connectivity index (χ1n) is 19.9. The number of rotatable bonds is 7. The maximum atomic E-state index is 5.29. The molecular weight excluding hydrogens is 717 g/mol. The van der Waals surface area contributed by atoms with Gasteiger partial charge >= 0.3 is 0 Å². The maximum absolute atomic E-state index is 5.29. The Balaban J connectivity index is 1.12. The Labute approximate surface area is 342 Å². The number of pyridine rings is 1. The predicted molar refractivity (Wildman–Crippen MR) is 244 cm³/mol. The Morgan fingerprint density at radius 3 is 1.73 bits per heavy atom. The van der Waals surface area contributed by atoms with E-state index in [-0.39, 0.29) is 0 Å². The predicted octanol–water partition coefficient (Wildman–Crippen LogP) is 14.1. The molecule has 0 radical (unpaired) electrons. The summed E-state index contributed by atoms with van der Waals surface area (Å²) in [5.41, 5.74) is 15.9. The molecule has 0 saturated carbocycles. The number of hydrogen-bond acceptors (Lipinski definition) is 3. The quantitative estimate of drug-likeness (QED) is 0.163. The molecule has 0 aliphatic rings. The van der Waals surface area contributed by atoms with Gasteiger partial charge < -0.3 is 4.57 Å². The standard InChI is InChI=1S/C55H36N4/c1-4-14-37(15-5-1)38-25-27-39(28-26-38)50-36-51(58-55(57-50)41-16-6-2-7-17-41)45-33-43(32-44(34-45)47-23-12-18-40-19-13-31-56-54(40)47)42-29-30-53-49(35-42)48-22-10-11-24-52(48)59(53)46-20-8-3-9-21-46/h1-36H. The van der Waals surface area contributed by atoms with Crippen LogP contribution in [0.1, 0.15) is 0 Å². The third kappa shape index (κ3) is 6.34. The van der Waals surface area contributed by atoms with Gasteiger partial charge in [-0.3, -0.25) is 4.98 Å². The molecule has 11 rings (SSSR count). The summed E-state index contributed by atoms with van der Waals surface area (Å²) in [6, 6.07) is 75.0. The number of nitrogens with zero attached hydrogens (tertiary/aromatic N) is 4. The Morgan fingerprint density at radius 1 is 0.339 bits per heavy atom. The minimum atomic E-state index is 0.680. The van der Waals surface area contributed by atoms with E-state index >= 15 is 0 Å². The normalized spacial score (nSPS) is 11.4. The summed E-state index contributed by atoms with van der Waals surface area (Å²) in [6.07, 6.45) is 1.87. The summed E-state index contributed by atoms with van der Waals surface area (Å²) in [4.78, 5) is 15.3. The molecule has 0 unspecified atom stereocenters. The van der Waals surface area contributed by atoms with Crippen LogP contribution in [0.2, 0.25) is 0 Å². The van der Waals surface area contributed by atoms with Gasteiger partial charge in [0.25, 0.3) is 0 Å². The molecule has 4 nitrogen and oxygen atoms in total. The van der Waals surface area contributed by atoms with Crippen molar-refractivity contribution in [1.29, 1.82) is 0 Å².